The number of nitrogens with one attached hydrogen (secondary N) is 1. The predicted molar refractivity (Wildman–Crippen MR) is 73.4 cm³/mol. The van der Waals surface area contributed by atoms with Gasteiger partial charge in [0, 0.05) is 12.1 Å². The molecule has 0 aliphatic heterocycles. The van der Waals surface area contributed by atoms with Crippen LogP contribution in [0, 0.1) is 11.3 Å². The number of nitriles is 1. The van der Waals surface area contributed by atoms with Crippen molar-refractivity contribution in [2.24, 2.45) is 0 Å². The van der Waals surface area contributed by atoms with Crippen molar-refractivity contribution in [3.63, 3.8) is 0 Å². The molecule has 2 rings (SSSR count). The van der Waals surface area contributed by atoms with Crippen LogP contribution >= 0.6 is 0 Å². The van der Waals surface area contributed by atoms with Gasteiger partial charge in [-0.05, 0) is 38.4 Å². The summed E-state index contributed by atoms with van der Waals surface area (Å²) >= 11 is 0. The third-order valence-corrected chi connectivity index (χ3v) is 3.66. The van der Waals surface area contributed by atoms with Gasteiger partial charge in [0.05, 0.1) is 12.7 Å². The van der Waals surface area contributed by atoms with E-state index in [0.717, 1.165) is 12.8 Å². The lowest BCUT2D eigenvalue weighted by atomic mass is 9.92. The van der Waals surface area contributed by atoms with Gasteiger partial charge < -0.3 is 14.8 Å². The van der Waals surface area contributed by atoms with Crippen LogP contribution in [0.4, 0.5) is 0 Å². The molecular formula is C15H20N2O2. The molecule has 19 heavy (non-hydrogen) atoms. The van der Waals surface area contributed by atoms with Gasteiger partial charge in [-0.1, -0.05) is 6.42 Å². The molecule has 2 unspecified atom stereocenters. The zero-order valence-electron chi connectivity index (χ0n) is 11.5. The average Bonchev–Trinajstić information content (AvgIpc) is 2.47. The van der Waals surface area contributed by atoms with Gasteiger partial charge in [0.1, 0.15) is 23.7 Å². The van der Waals surface area contributed by atoms with Gasteiger partial charge in [0.15, 0.2) is 0 Å². The summed E-state index contributed by atoms with van der Waals surface area (Å²) < 4.78 is 11.2. The maximum atomic E-state index is 9.15. The number of hydrogen-bond donors (Lipinski definition) is 1. The van der Waals surface area contributed by atoms with E-state index in [1.165, 1.54) is 12.8 Å². The van der Waals surface area contributed by atoms with E-state index in [1.807, 2.05) is 7.05 Å². The molecule has 1 N–H and O–H groups in total. The number of hydrogen-bond acceptors (Lipinski definition) is 4. The van der Waals surface area contributed by atoms with Gasteiger partial charge in [-0.2, -0.15) is 5.26 Å². The van der Waals surface area contributed by atoms with Crippen molar-refractivity contribution < 1.29 is 9.47 Å². The average molecular weight is 260 g/mol. The summed E-state index contributed by atoms with van der Waals surface area (Å²) in [7, 11) is 3.57. The maximum Gasteiger partial charge on any atom is 0.141 e. The van der Waals surface area contributed by atoms with Crippen LogP contribution in [0.15, 0.2) is 18.2 Å². The lowest BCUT2D eigenvalue weighted by molar-refractivity contribution is 0.117. The van der Waals surface area contributed by atoms with Crippen LogP contribution in [-0.4, -0.2) is 26.3 Å². The Kier molecular flexibility index (Phi) is 4.64. The standard InChI is InChI=1S/C15H20N2O2/c1-17-13-5-3-4-6-14(13)19-15-9-12(18-2)8-7-11(15)10-16/h7-9,13-14,17H,3-6H2,1-2H3. The van der Waals surface area contributed by atoms with E-state index in [2.05, 4.69) is 11.4 Å². The lowest BCUT2D eigenvalue weighted by Crippen LogP contribution is -2.43. The summed E-state index contributed by atoms with van der Waals surface area (Å²) in [6.07, 6.45) is 4.67. The quantitative estimate of drug-likeness (QED) is 0.903. The third-order valence-electron chi connectivity index (χ3n) is 3.66. The van der Waals surface area contributed by atoms with Crippen molar-refractivity contribution in [2.45, 2.75) is 37.8 Å². The van der Waals surface area contributed by atoms with E-state index in [4.69, 9.17) is 14.7 Å². The minimum absolute atomic E-state index is 0.123. The van der Waals surface area contributed by atoms with Gasteiger partial charge in [-0.3, -0.25) is 0 Å². The summed E-state index contributed by atoms with van der Waals surface area (Å²) in [5.74, 6) is 1.33. The van der Waals surface area contributed by atoms with Crippen molar-refractivity contribution in [1.29, 1.82) is 5.26 Å². The van der Waals surface area contributed by atoms with Gasteiger partial charge >= 0.3 is 0 Å². The summed E-state index contributed by atoms with van der Waals surface area (Å²) in [5, 5.41) is 12.4. The molecule has 0 amide bonds. The van der Waals surface area contributed by atoms with Gasteiger partial charge in [-0.25, -0.2) is 0 Å². The fraction of sp³-hybridized carbons (Fsp3) is 0.533. The zero-order valence-corrected chi connectivity index (χ0v) is 11.5. The highest BCUT2D eigenvalue weighted by atomic mass is 16.5. The largest absolute Gasteiger partial charge is 0.497 e. The highest BCUT2D eigenvalue weighted by Gasteiger charge is 2.26. The first-order valence-corrected chi connectivity index (χ1v) is 6.70. The van der Waals surface area contributed by atoms with Crippen molar-refractivity contribution in [3.8, 4) is 17.6 Å². The summed E-state index contributed by atoms with van der Waals surface area (Å²) in [4.78, 5) is 0. The predicted octanol–water partition coefficient (Wildman–Crippen LogP) is 2.48. The minimum atomic E-state index is 0.123. The zero-order chi connectivity index (χ0) is 13.7. The van der Waals surface area contributed by atoms with E-state index in [-0.39, 0.29) is 6.10 Å². The highest BCUT2D eigenvalue weighted by Crippen LogP contribution is 2.29. The molecule has 102 valence electrons. The van der Waals surface area contributed by atoms with Crippen molar-refractivity contribution >= 4 is 0 Å². The second-order valence-corrected chi connectivity index (χ2v) is 4.81. The number of rotatable bonds is 4. The Morgan fingerprint density at radius 3 is 2.79 bits per heavy atom. The summed E-state index contributed by atoms with van der Waals surface area (Å²) in [6.45, 7) is 0. The smallest absolute Gasteiger partial charge is 0.141 e. The first-order valence-electron chi connectivity index (χ1n) is 6.70. The fourth-order valence-electron chi connectivity index (χ4n) is 2.55. The van der Waals surface area contributed by atoms with E-state index in [9.17, 15) is 0 Å². The minimum Gasteiger partial charge on any atom is -0.497 e. The van der Waals surface area contributed by atoms with Crippen molar-refractivity contribution in [3.05, 3.63) is 23.8 Å². The molecule has 0 aromatic heterocycles. The second kappa shape index (κ2) is 6.44. The third kappa shape index (κ3) is 3.18. The number of nitrogens with zero attached hydrogens (tertiary/aromatic N) is 1. The molecule has 0 saturated heterocycles. The van der Waals surface area contributed by atoms with Crippen LogP contribution in [0.5, 0.6) is 11.5 Å². The molecule has 0 heterocycles. The maximum absolute atomic E-state index is 9.15. The molecule has 0 spiro atoms. The molecule has 4 heteroatoms. The first kappa shape index (κ1) is 13.7. The molecule has 0 radical (unpaired) electrons. The summed E-state index contributed by atoms with van der Waals surface area (Å²) in [5.41, 5.74) is 0.557. The topological polar surface area (TPSA) is 54.3 Å². The molecular weight excluding hydrogens is 240 g/mol. The lowest BCUT2D eigenvalue weighted by Gasteiger charge is -2.31. The molecule has 0 bridgehead atoms. The van der Waals surface area contributed by atoms with Crippen LogP contribution in [0.3, 0.4) is 0 Å². The Labute approximate surface area is 114 Å². The van der Waals surface area contributed by atoms with Crippen LogP contribution in [0.2, 0.25) is 0 Å². The van der Waals surface area contributed by atoms with Gasteiger partial charge in [0.2, 0.25) is 0 Å². The van der Waals surface area contributed by atoms with E-state index >= 15 is 0 Å². The molecule has 1 aliphatic carbocycles. The van der Waals surface area contributed by atoms with Crippen LogP contribution < -0.4 is 14.8 Å². The molecule has 2 atom stereocenters. The van der Waals surface area contributed by atoms with Crippen LogP contribution in [-0.2, 0) is 0 Å². The normalized spacial score (nSPS) is 22.6. The molecule has 1 aromatic rings. The Morgan fingerprint density at radius 1 is 1.32 bits per heavy atom. The Balaban J connectivity index is 2.19. The fourth-order valence-corrected chi connectivity index (χ4v) is 2.55. The number of likely N-dealkylation sites (N-methyl/N-ethyl adjacent to an activating group) is 1. The Hall–Kier alpha value is -1.73. The number of benzene rings is 1. The van der Waals surface area contributed by atoms with Crippen molar-refractivity contribution in [1.82, 2.24) is 5.32 Å². The SMILES string of the molecule is CNC1CCCCC1Oc1cc(OC)ccc1C#N. The van der Waals surface area contributed by atoms with Crippen LogP contribution in [0.25, 0.3) is 0 Å². The van der Waals surface area contributed by atoms with Gasteiger partial charge in [-0.15, -0.1) is 0 Å². The molecule has 4 nitrogen and oxygen atoms in total. The van der Waals surface area contributed by atoms with Crippen LogP contribution in [0.1, 0.15) is 31.2 Å². The molecule has 1 aromatic carbocycles. The van der Waals surface area contributed by atoms with Gasteiger partial charge in [0.25, 0.3) is 0 Å². The first-order chi connectivity index (χ1) is 9.28. The molecule has 1 fully saturated rings. The van der Waals surface area contributed by atoms with E-state index in [1.54, 1.807) is 25.3 Å². The van der Waals surface area contributed by atoms with Crippen molar-refractivity contribution in [2.75, 3.05) is 14.2 Å². The number of methoxy groups -OCH3 is 1. The molecule has 1 aliphatic rings. The number of ether oxygens (including phenoxy) is 2. The van der Waals surface area contributed by atoms with E-state index < -0.39 is 0 Å². The molecule has 1 saturated carbocycles. The Bertz CT molecular complexity index is 468. The van der Waals surface area contributed by atoms with E-state index in [0.29, 0.717) is 23.1 Å². The summed E-state index contributed by atoms with van der Waals surface area (Å²) in [6, 6.07) is 7.83. The Morgan fingerprint density at radius 2 is 2.11 bits per heavy atom. The monoisotopic (exact) mass is 260 g/mol. The second-order valence-electron chi connectivity index (χ2n) is 4.81. The highest BCUT2D eigenvalue weighted by molar-refractivity contribution is 5.47.